The van der Waals surface area contributed by atoms with Crippen LogP contribution in [0, 0.1) is 13.8 Å². The summed E-state index contributed by atoms with van der Waals surface area (Å²) in [5.74, 6) is -0.460. The number of amides is 2. The topological polar surface area (TPSA) is 77.1 Å². The summed E-state index contributed by atoms with van der Waals surface area (Å²) in [5, 5.41) is 2.85. The minimum absolute atomic E-state index is 0.112. The average molecular weight is 327 g/mol. The Labute approximate surface area is 142 Å². The Hall–Kier alpha value is -2.56. The van der Waals surface area contributed by atoms with Crippen molar-refractivity contribution < 1.29 is 9.59 Å². The first-order chi connectivity index (χ1) is 11.4. The molecule has 0 saturated heterocycles. The largest absolute Gasteiger partial charge is 0.370 e. The fraction of sp³-hybridized carbons (Fsp3) is 0.368. The SMILES string of the molecule is Cc1cc(C(=O)NCCCC(N)=O)c(C)n1[C@@H](C)c1ccccc1. The van der Waals surface area contributed by atoms with Gasteiger partial charge in [0.2, 0.25) is 5.91 Å². The van der Waals surface area contributed by atoms with Gasteiger partial charge in [0.15, 0.2) is 0 Å². The van der Waals surface area contributed by atoms with Gasteiger partial charge in [0, 0.05) is 24.4 Å². The normalized spacial score (nSPS) is 12.0. The highest BCUT2D eigenvalue weighted by molar-refractivity contribution is 5.95. The Bertz CT molecular complexity index is 720. The number of aromatic nitrogens is 1. The van der Waals surface area contributed by atoms with E-state index in [1.165, 1.54) is 5.56 Å². The Balaban J connectivity index is 2.13. The second-order valence-electron chi connectivity index (χ2n) is 6.07. The van der Waals surface area contributed by atoms with Gasteiger partial charge in [-0.2, -0.15) is 0 Å². The van der Waals surface area contributed by atoms with Crippen LogP contribution in [0.4, 0.5) is 0 Å². The van der Waals surface area contributed by atoms with Crippen LogP contribution in [0.2, 0.25) is 0 Å². The van der Waals surface area contributed by atoms with Crippen molar-refractivity contribution in [2.45, 2.75) is 39.7 Å². The number of hydrogen-bond donors (Lipinski definition) is 2. The smallest absolute Gasteiger partial charge is 0.253 e. The molecule has 24 heavy (non-hydrogen) atoms. The standard InChI is InChI=1S/C19H25N3O2/c1-13-12-17(19(24)21-11-7-10-18(20)23)15(3)22(13)14(2)16-8-5-4-6-9-16/h4-6,8-9,12,14H,7,10-11H2,1-3H3,(H2,20,23)(H,21,24)/t14-/m0/s1. The zero-order valence-electron chi connectivity index (χ0n) is 14.5. The Morgan fingerprint density at radius 2 is 1.88 bits per heavy atom. The van der Waals surface area contributed by atoms with E-state index in [9.17, 15) is 9.59 Å². The summed E-state index contributed by atoms with van der Waals surface area (Å²) in [5.41, 5.74) is 8.97. The van der Waals surface area contributed by atoms with E-state index in [1.54, 1.807) is 0 Å². The summed E-state index contributed by atoms with van der Waals surface area (Å²) in [4.78, 5) is 23.1. The monoisotopic (exact) mass is 327 g/mol. The number of nitrogens with two attached hydrogens (primary N) is 1. The van der Waals surface area contributed by atoms with Gasteiger partial charge in [-0.3, -0.25) is 9.59 Å². The van der Waals surface area contributed by atoms with Gasteiger partial charge in [-0.15, -0.1) is 0 Å². The fourth-order valence-corrected chi connectivity index (χ4v) is 3.04. The average Bonchev–Trinajstić information content (AvgIpc) is 2.86. The van der Waals surface area contributed by atoms with Gasteiger partial charge in [-0.05, 0) is 38.8 Å². The molecule has 0 saturated carbocycles. The molecule has 5 nitrogen and oxygen atoms in total. The van der Waals surface area contributed by atoms with Crippen molar-refractivity contribution in [3.05, 3.63) is 58.9 Å². The molecule has 3 N–H and O–H groups in total. The van der Waals surface area contributed by atoms with Crippen LogP contribution >= 0.6 is 0 Å². The number of rotatable bonds is 7. The number of nitrogens with zero attached hydrogens (tertiary/aromatic N) is 1. The van der Waals surface area contributed by atoms with E-state index >= 15 is 0 Å². The zero-order chi connectivity index (χ0) is 17.7. The molecule has 1 aromatic heterocycles. The molecule has 0 aliphatic heterocycles. The third kappa shape index (κ3) is 4.04. The molecule has 1 aromatic carbocycles. The highest BCUT2D eigenvalue weighted by atomic mass is 16.2. The first-order valence-corrected chi connectivity index (χ1v) is 8.21. The molecule has 2 aromatic rings. The van der Waals surface area contributed by atoms with Crippen LogP contribution in [-0.2, 0) is 4.79 Å². The van der Waals surface area contributed by atoms with Crippen molar-refractivity contribution in [1.82, 2.24) is 9.88 Å². The fourth-order valence-electron chi connectivity index (χ4n) is 3.04. The lowest BCUT2D eigenvalue weighted by atomic mass is 10.1. The lowest BCUT2D eigenvalue weighted by Gasteiger charge is -2.19. The summed E-state index contributed by atoms with van der Waals surface area (Å²) in [6, 6.07) is 12.3. The maximum Gasteiger partial charge on any atom is 0.253 e. The Morgan fingerprint density at radius 3 is 2.50 bits per heavy atom. The van der Waals surface area contributed by atoms with E-state index in [4.69, 9.17) is 5.73 Å². The van der Waals surface area contributed by atoms with Crippen LogP contribution in [0.5, 0.6) is 0 Å². The first kappa shape index (κ1) is 17.8. The van der Waals surface area contributed by atoms with Crippen molar-refractivity contribution in [1.29, 1.82) is 0 Å². The third-order valence-corrected chi connectivity index (χ3v) is 4.28. The molecule has 0 spiro atoms. The van der Waals surface area contributed by atoms with Gasteiger partial charge < -0.3 is 15.6 Å². The quantitative estimate of drug-likeness (QED) is 0.767. The molecule has 0 radical (unpaired) electrons. The number of aryl methyl sites for hydroxylation is 1. The Morgan fingerprint density at radius 1 is 1.21 bits per heavy atom. The molecule has 2 rings (SSSR count). The lowest BCUT2D eigenvalue weighted by molar-refractivity contribution is -0.118. The third-order valence-electron chi connectivity index (χ3n) is 4.28. The molecule has 1 atom stereocenters. The summed E-state index contributed by atoms with van der Waals surface area (Å²) >= 11 is 0. The molecular weight excluding hydrogens is 302 g/mol. The molecule has 0 aliphatic rings. The Kier molecular flexibility index (Phi) is 5.79. The number of nitrogens with one attached hydrogen (secondary N) is 1. The van der Waals surface area contributed by atoms with Crippen molar-refractivity contribution >= 4 is 11.8 Å². The van der Waals surface area contributed by atoms with Crippen LogP contribution in [0.1, 0.15) is 53.1 Å². The van der Waals surface area contributed by atoms with E-state index in [2.05, 4.69) is 28.9 Å². The number of carbonyl (C=O) groups is 2. The van der Waals surface area contributed by atoms with Gasteiger partial charge in [0.05, 0.1) is 11.6 Å². The van der Waals surface area contributed by atoms with Gasteiger partial charge in [0.25, 0.3) is 5.91 Å². The number of carbonyl (C=O) groups excluding carboxylic acids is 2. The lowest BCUT2D eigenvalue weighted by Crippen LogP contribution is -2.26. The molecule has 5 heteroatoms. The van der Waals surface area contributed by atoms with Crippen molar-refractivity contribution in [2.24, 2.45) is 5.73 Å². The van der Waals surface area contributed by atoms with Crippen LogP contribution < -0.4 is 11.1 Å². The predicted molar refractivity (Wildman–Crippen MR) is 94.9 cm³/mol. The summed E-state index contributed by atoms with van der Waals surface area (Å²) in [6.45, 7) is 6.55. The molecule has 0 unspecified atom stereocenters. The second-order valence-corrected chi connectivity index (χ2v) is 6.07. The number of benzene rings is 1. The number of primary amides is 1. The minimum atomic E-state index is -0.348. The molecule has 0 aliphatic carbocycles. The van der Waals surface area contributed by atoms with Crippen LogP contribution in [0.3, 0.4) is 0 Å². The van der Waals surface area contributed by atoms with Crippen molar-refractivity contribution in [2.75, 3.05) is 6.54 Å². The van der Waals surface area contributed by atoms with Gasteiger partial charge >= 0.3 is 0 Å². The number of hydrogen-bond acceptors (Lipinski definition) is 2. The van der Waals surface area contributed by atoms with Crippen LogP contribution in [0.25, 0.3) is 0 Å². The van der Waals surface area contributed by atoms with E-state index in [1.807, 2.05) is 38.1 Å². The molecular formula is C19H25N3O2. The van der Waals surface area contributed by atoms with Gasteiger partial charge in [0.1, 0.15) is 0 Å². The predicted octanol–water partition coefficient (Wildman–Crippen LogP) is 2.71. The first-order valence-electron chi connectivity index (χ1n) is 8.21. The van der Waals surface area contributed by atoms with E-state index < -0.39 is 0 Å². The molecule has 128 valence electrons. The summed E-state index contributed by atoms with van der Waals surface area (Å²) < 4.78 is 2.17. The zero-order valence-corrected chi connectivity index (χ0v) is 14.5. The van der Waals surface area contributed by atoms with Crippen molar-refractivity contribution in [3.63, 3.8) is 0 Å². The second kappa shape index (κ2) is 7.81. The van der Waals surface area contributed by atoms with Gasteiger partial charge in [-0.1, -0.05) is 30.3 Å². The molecule has 0 fully saturated rings. The van der Waals surface area contributed by atoms with E-state index in [-0.39, 0.29) is 24.3 Å². The van der Waals surface area contributed by atoms with Crippen LogP contribution in [0.15, 0.2) is 36.4 Å². The molecule has 2 amide bonds. The highest BCUT2D eigenvalue weighted by Gasteiger charge is 2.19. The molecule has 1 heterocycles. The maximum absolute atomic E-state index is 12.4. The van der Waals surface area contributed by atoms with Crippen LogP contribution in [-0.4, -0.2) is 22.9 Å². The van der Waals surface area contributed by atoms with Gasteiger partial charge in [-0.25, -0.2) is 0 Å². The molecule has 0 bridgehead atoms. The van der Waals surface area contributed by atoms with E-state index in [0.29, 0.717) is 18.5 Å². The minimum Gasteiger partial charge on any atom is -0.370 e. The summed E-state index contributed by atoms with van der Waals surface area (Å²) in [6.07, 6.45) is 0.838. The highest BCUT2D eigenvalue weighted by Crippen LogP contribution is 2.25. The maximum atomic E-state index is 12.4. The summed E-state index contributed by atoms with van der Waals surface area (Å²) in [7, 11) is 0. The van der Waals surface area contributed by atoms with Crippen molar-refractivity contribution in [3.8, 4) is 0 Å². The van der Waals surface area contributed by atoms with E-state index in [0.717, 1.165) is 11.4 Å².